The number of benzene rings is 6. The molecule has 8 aromatic rings. The summed E-state index contributed by atoms with van der Waals surface area (Å²) < 4.78 is 2.49. The minimum Gasteiger partial charge on any atom is -0.357 e. The highest BCUT2D eigenvalue weighted by atomic mass is 15.1. The standard InChI is InChI=1S/C42H27N3/c1-2-12-27-25(11-1)24-38(45-37-20-10-9-19-36(37)44-41(27)45)26-21-22-30-34(23-26)42(40-39(30)31-15-5-8-18-35(31)43-40)32-16-6-3-13-28(32)29-14-4-7-17-33(29)42/h1-23,38,43H,24H2. The average molecular weight is 574 g/mol. The van der Waals surface area contributed by atoms with Crippen molar-refractivity contribution in [3.8, 4) is 33.6 Å². The molecule has 1 unspecified atom stereocenters. The molecule has 2 aromatic heterocycles. The van der Waals surface area contributed by atoms with Crippen LogP contribution in [0.1, 0.15) is 39.6 Å². The molecule has 210 valence electrons. The first-order valence-corrected chi connectivity index (χ1v) is 15.8. The van der Waals surface area contributed by atoms with Gasteiger partial charge in [-0.3, -0.25) is 0 Å². The van der Waals surface area contributed by atoms with Crippen LogP contribution in [-0.2, 0) is 11.8 Å². The third kappa shape index (κ3) is 2.80. The molecule has 45 heavy (non-hydrogen) atoms. The van der Waals surface area contributed by atoms with Crippen molar-refractivity contribution in [1.29, 1.82) is 0 Å². The lowest BCUT2D eigenvalue weighted by atomic mass is 9.72. The van der Waals surface area contributed by atoms with E-state index in [1.807, 2.05) is 0 Å². The van der Waals surface area contributed by atoms with E-state index in [0.717, 1.165) is 17.8 Å². The monoisotopic (exact) mass is 573 g/mol. The second-order valence-electron chi connectivity index (χ2n) is 12.7. The fraction of sp³-hybridized carbons (Fsp3) is 0.0714. The number of nitrogens with zero attached hydrogens (tertiary/aromatic N) is 2. The lowest BCUT2D eigenvalue weighted by Crippen LogP contribution is -2.27. The normalized spacial score (nSPS) is 16.3. The second-order valence-corrected chi connectivity index (χ2v) is 12.7. The molecule has 6 aromatic carbocycles. The van der Waals surface area contributed by atoms with Gasteiger partial charge in [-0.25, -0.2) is 4.98 Å². The Morgan fingerprint density at radius 3 is 2.16 bits per heavy atom. The topological polar surface area (TPSA) is 33.6 Å². The molecule has 3 nitrogen and oxygen atoms in total. The molecule has 0 radical (unpaired) electrons. The summed E-state index contributed by atoms with van der Waals surface area (Å²) in [6.45, 7) is 0. The first kappa shape index (κ1) is 23.7. The van der Waals surface area contributed by atoms with Gasteiger partial charge in [0.25, 0.3) is 0 Å². The van der Waals surface area contributed by atoms with Crippen molar-refractivity contribution in [1.82, 2.24) is 14.5 Å². The van der Waals surface area contributed by atoms with Crippen LogP contribution in [0.15, 0.2) is 140 Å². The van der Waals surface area contributed by atoms with E-state index in [2.05, 4.69) is 149 Å². The van der Waals surface area contributed by atoms with Crippen LogP contribution in [0, 0.1) is 0 Å². The number of fused-ring (bicyclic) bond motifs is 17. The van der Waals surface area contributed by atoms with Gasteiger partial charge in [0.05, 0.1) is 22.5 Å². The van der Waals surface area contributed by atoms with Crippen molar-refractivity contribution in [2.24, 2.45) is 0 Å². The maximum absolute atomic E-state index is 5.19. The van der Waals surface area contributed by atoms with Gasteiger partial charge in [0, 0.05) is 27.7 Å². The molecule has 0 saturated carbocycles. The van der Waals surface area contributed by atoms with E-state index in [-0.39, 0.29) is 6.04 Å². The van der Waals surface area contributed by atoms with Gasteiger partial charge in [-0.1, -0.05) is 121 Å². The summed E-state index contributed by atoms with van der Waals surface area (Å²) in [5, 5.41) is 1.29. The summed E-state index contributed by atoms with van der Waals surface area (Å²) in [7, 11) is 0. The summed E-state index contributed by atoms with van der Waals surface area (Å²) in [6, 6.07) is 51.7. The van der Waals surface area contributed by atoms with Gasteiger partial charge in [0.2, 0.25) is 0 Å². The van der Waals surface area contributed by atoms with Crippen molar-refractivity contribution >= 4 is 21.9 Å². The summed E-state index contributed by atoms with van der Waals surface area (Å²) in [5.74, 6) is 1.06. The molecular weight excluding hydrogens is 546 g/mol. The number of aromatic nitrogens is 3. The van der Waals surface area contributed by atoms with E-state index in [1.54, 1.807) is 0 Å². The van der Waals surface area contributed by atoms with E-state index in [9.17, 15) is 0 Å². The lowest BCUT2D eigenvalue weighted by molar-refractivity contribution is 0.586. The Morgan fingerprint density at radius 1 is 0.622 bits per heavy atom. The van der Waals surface area contributed by atoms with Gasteiger partial charge in [-0.2, -0.15) is 0 Å². The van der Waals surface area contributed by atoms with Gasteiger partial charge in [0.15, 0.2) is 0 Å². The third-order valence-electron chi connectivity index (χ3n) is 10.7. The van der Waals surface area contributed by atoms with E-state index in [1.165, 1.54) is 77.7 Å². The number of hydrogen-bond donors (Lipinski definition) is 1. The maximum atomic E-state index is 5.19. The Bertz CT molecular complexity index is 2500. The third-order valence-corrected chi connectivity index (χ3v) is 10.7. The highest BCUT2D eigenvalue weighted by Gasteiger charge is 2.53. The zero-order valence-electron chi connectivity index (χ0n) is 24.5. The molecule has 3 heterocycles. The quantitative estimate of drug-likeness (QED) is 0.208. The van der Waals surface area contributed by atoms with Crippen LogP contribution in [0.2, 0.25) is 0 Å². The predicted molar refractivity (Wildman–Crippen MR) is 182 cm³/mol. The van der Waals surface area contributed by atoms with Crippen LogP contribution >= 0.6 is 0 Å². The van der Waals surface area contributed by atoms with Gasteiger partial charge in [-0.05, 0) is 69.1 Å². The first-order valence-electron chi connectivity index (χ1n) is 15.8. The predicted octanol–water partition coefficient (Wildman–Crippen LogP) is 9.67. The van der Waals surface area contributed by atoms with Gasteiger partial charge in [-0.15, -0.1) is 0 Å². The Balaban J connectivity index is 1.24. The van der Waals surface area contributed by atoms with Crippen LogP contribution in [0.3, 0.4) is 0 Å². The Hall–Kier alpha value is -5.67. The van der Waals surface area contributed by atoms with Gasteiger partial charge in [0.1, 0.15) is 5.82 Å². The molecule has 0 saturated heterocycles. The first-order chi connectivity index (χ1) is 22.3. The van der Waals surface area contributed by atoms with E-state index >= 15 is 0 Å². The van der Waals surface area contributed by atoms with Gasteiger partial charge < -0.3 is 9.55 Å². The minimum atomic E-state index is -0.417. The van der Waals surface area contributed by atoms with Crippen molar-refractivity contribution in [2.45, 2.75) is 17.9 Å². The molecule has 2 aliphatic carbocycles. The van der Waals surface area contributed by atoms with Crippen LogP contribution < -0.4 is 0 Å². The molecule has 0 amide bonds. The molecule has 1 atom stereocenters. The Kier molecular flexibility index (Phi) is 4.37. The van der Waals surface area contributed by atoms with Crippen molar-refractivity contribution in [2.75, 3.05) is 0 Å². The number of imidazole rings is 1. The summed E-state index contributed by atoms with van der Waals surface area (Å²) in [6.07, 6.45) is 0.927. The van der Waals surface area contributed by atoms with Crippen molar-refractivity contribution in [3.05, 3.63) is 173 Å². The number of hydrogen-bond acceptors (Lipinski definition) is 1. The zero-order chi connectivity index (χ0) is 29.3. The lowest BCUT2D eigenvalue weighted by Gasteiger charge is -2.32. The number of nitrogens with one attached hydrogen (secondary N) is 1. The smallest absolute Gasteiger partial charge is 0.141 e. The average Bonchev–Trinajstić information content (AvgIpc) is 3.83. The van der Waals surface area contributed by atoms with E-state index in [0.29, 0.717) is 0 Å². The highest BCUT2D eigenvalue weighted by Crippen LogP contribution is 2.64. The summed E-state index contributed by atoms with van der Waals surface area (Å²) in [5.41, 5.74) is 17.6. The second kappa shape index (κ2) is 8.28. The highest BCUT2D eigenvalue weighted by molar-refractivity contribution is 6.06. The number of H-pyrrole nitrogens is 1. The molecule has 0 fully saturated rings. The van der Waals surface area contributed by atoms with Crippen molar-refractivity contribution < 1.29 is 0 Å². The number of para-hydroxylation sites is 3. The van der Waals surface area contributed by atoms with Crippen molar-refractivity contribution in [3.63, 3.8) is 0 Å². The summed E-state index contributed by atoms with van der Waals surface area (Å²) in [4.78, 5) is 9.16. The molecule has 1 N–H and O–H groups in total. The largest absolute Gasteiger partial charge is 0.357 e. The van der Waals surface area contributed by atoms with Crippen LogP contribution in [0.25, 0.3) is 55.6 Å². The number of rotatable bonds is 1. The van der Waals surface area contributed by atoms with E-state index < -0.39 is 5.41 Å². The van der Waals surface area contributed by atoms with Crippen LogP contribution in [0.5, 0.6) is 0 Å². The van der Waals surface area contributed by atoms with Gasteiger partial charge >= 0.3 is 0 Å². The zero-order valence-corrected chi connectivity index (χ0v) is 24.5. The molecule has 3 aliphatic rings. The molecule has 1 spiro atoms. The summed E-state index contributed by atoms with van der Waals surface area (Å²) >= 11 is 0. The van der Waals surface area contributed by atoms with E-state index in [4.69, 9.17) is 4.98 Å². The Morgan fingerprint density at radius 2 is 1.31 bits per heavy atom. The SMILES string of the molecule is c1ccc2c(c1)CC(c1ccc3c(c1)C1(c4ccccc4-c4ccccc41)c1[nH]c4ccccc4c1-3)n1c-2nc2ccccc21. The maximum Gasteiger partial charge on any atom is 0.141 e. The molecule has 1 aliphatic heterocycles. The fourth-order valence-corrected chi connectivity index (χ4v) is 8.96. The van der Waals surface area contributed by atoms with Crippen LogP contribution in [0.4, 0.5) is 0 Å². The number of aromatic amines is 1. The van der Waals surface area contributed by atoms with Crippen LogP contribution in [-0.4, -0.2) is 14.5 Å². The Labute approximate surface area is 260 Å². The molecule has 0 bridgehead atoms. The fourth-order valence-electron chi connectivity index (χ4n) is 8.96. The molecular formula is C42H27N3. The minimum absolute atomic E-state index is 0.132. The molecule has 3 heteroatoms. The molecule has 11 rings (SSSR count).